The van der Waals surface area contributed by atoms with Crippen LogP contribution in [-0.4, -0.2) is 16.5 Å². The van der Waals surface area contributed by atoms with Crippen molar-refractivity contribution in [2.45, 2.75) is 13.1 Å². The highest BCUT2D eigenvalue weighted by molar-refractivity contribution is 5.85. The van der Waals surface area contributed by atoms with E-state index in [1.54, 1.807) is 16.9 Å². The number of aromatic nitrogens is 2. The largest absolute Gasteiger partial charge is 0.325 e. The van der Waals surface area contributed by atoms with Gasteiger partial charge in [-0.2, -0.15) is 5.10 Å². The fourth-order valence-electron chi connectivity index (χ4n) is 0.815. The molecule has 0 radical (unpaired) electrons. The van der Waals surface area contributed by atoms with Crippen molar-refractivity contribution in [1.29, 1.82) is 0 Å². The molecule has 11 heavy (non-hydrogen) atoms. The second kappa shape index (κ2) is 5.09. The zero-order valence-electron chi connectivity index (χ0n) is 6.03. The highest BCUT2D eigenvalue weighted by atomic mass is 35.5. The molecule has 0 unspecified atom stereocenters. The standard InChI is InChI=1S/C6H10FN3.ClH/c7-2-4-10-6(5-8)1-3-9-10;/h1,3H,2,4-5,8H2;1H. The molecule has 0 aliphatic heterocycles. The third kappa shape index (κ3) is 2.48. The third-order valence-electron chi connectivity index (χ3n) is 1.31. The van der Waals surface area contributed by atoms with E-state index < -0.39 is 6.67 Å². The maximum Gasteiger partial charge on any atom is 0.109 e. The quantitative estimate of drug-likeness (QED) is 0.744. The second-order valence-corrected chi connectivity index (χ2v) is 1.94. The van der Waals surface area contributed by atoms with Gasteiger partial charge in [0.1, 0.15) is 6.67 Å². The SMILES string of the molecule is Cl.NCc1ccnn1CCF. The summed E-state index contributed by atoms with van der Waals surface area (Å²) in [4.78, 5) is 0. The van der Waals surface area contributed by atoms with Crippen molar-refractivity contribution in [3.8, 4) is 0 Å². The van der Waals surface area contributed by atoms with Gasteiger partial charge in [-0.05, 0) is 6.07 Å². The van der Waals surface area contributed by atoms with Crippen molar-refractivity contribution in [2.75, 3.05) is 6.67 Å². The molecule has 64 valence electrons. The summed E-state index contributed by atoms with van der Waals surface area (Å²) in [7, 11) is 0. The van der Waals surface area contributed by atoms with Crippen molar-refractivity contribution < 1.29 is 4.39 Å². The summed E-state index contributed by atoms with van der Waals surface area (Å²) in [6.45, 7) is 0.328. The van der Waals surface area contributed by atoms with Crippen LogP contribution in [0.1, 0.15) is 5.69 Å². The molecule has 0 amide bonds. The smallest absolute Gasteiger partial charge is 0.109 e. The minimum Gasteiger partial charge on any atom is -0.325 e. The molecule has 0 spiro atoms. The number of hydrogen-bond acceptors (Lipinski definition) is 2. The zero-order valence-corrected chi connectivity index (χ0v) is 6.85. The van der Waals surface area contributed by atoms with Gasteiger partial charge in [0.05, 0.1) is 12.2 Å². The molecule has 0 bridgehead atoms. The van der Waals surface area contributed by atoms with Crippen LogP contribution in [-0.2, 0) is 13.1 Å². The maximum absolute atomic E-state index is 11.8. The van der Waals surface area contributed by atoms with Crippen LogP contribution in [0, 0.1) is 0 Å². The minimum absolute atomic E-state index is 0. The van der Waals surface area contributed by atoms with Gasteiger partial charge in [0.2, 0.25) is 0 Å². The van der Waals surface area contributed by atoms with E-state index >= 15 is 0 Å². The van der Waals surface area contributed by atoms with Crippen molar-refractivity contribution >= 4 is 12.4 Å². The monoisotopic (exact) mass is 179 g/mol. The summed E-state index contributed by atoms with van der Waals surface area (Å²) in [6, 6.07) is 1.79. The lowest BCUT2D eigenvalue weighted by Gasteiger charge is -2.00. The first-order valence-electron chi connectivity index (χ1n) is 3.15. The molecule has 0 saturated carbocycles. The predicted octanol–water partition coefficient (Wildman–Crippen LogP) is 0.733. The molecular formula is C6H11ClFN3. The fourth-order valence-corrected chi connectivity index (χ4v) is 0.815. The molecule has 3 nitrogen and oxygen atoms in total. The van der Waals surface area contributed by atoms with Gasteiger partial charge in [-0.25, -0.2) is 4.39 Å². The Bertz CT molecular complexity index is 201. The van der Waals surface area contributed by atoms with Gasteiger partial charge in [0.15, 0.2) is 0 Å². The molecule has 1 heterocycles. The lowest BCUT2D eigenvalue weighted by molar-refractivity contribution is 0.420. The molecule has 1 aromatic rings. The summed E-state index contributed by atoms with van der Waals surface area (Å²) in [5, 5.41) is 3.87. The van der Waals surface area contributed by atoms with Gasteiger partial charge in [-0.3, -0.25) is 4.68 Å². The molecule has 0 saturated heterocycles. The van der Waals surface area contributed by atoms with Crippen LogP contribution in [0.3, 0.4) is 0 Å². The molecule has 0 aromatic carbocycles. The van der Waals surface area contributed by atoms with Crippen LogP contribution < -0.4 is 5.73 Å². The number of nitrogens with zero attached hydrogens (tertiary/aromatic N) is 2. The number of halogens is 2. The molecule has 1 aromatic heterocycles. The van der Waals surface area contributed by atoms with Gasteiger partial charge in [-0.1, -0.05) is 0 Å². The maximum atomic E-state index is 11.8. The van der Waals surface area contributed by atoms with Crippen molar-refractivity contribution in [3.05, 3.63) is 18.0 Å². The first-order valence-corrected chi connectivity index (χ1v) is 3.15. The van der Waals surface area contributed by atoms with E-state index in [-0.39, 0.29) is 12.4 Å². The Labute approximate surface area is 70.8 Å². The highest BCUT2D eigenvalue weighted by Crippen LogP contribution is 1.96. The van der Waals surface area contributed by atoms with Crippen LogP contribution in [0.15, 0.2) is 12.3 Å². The van der Waals surface area contributed by atoms with Crippen LogP contribution >= 0.6 is 12.4 Å². The Hall–Kier alpha value is -0.610. The minimum atomic E-state index is -0.394. The van der Waals surface area contributed by atoms with Crippen LogP contribution in [0.25, 0.3) is 0 Å². The Morgan fingerprint density at radius 1 is 1.64 bits per heavy atom. The van der Waals surface area contributed by atoms with Crippen LogP contribution in [0.4, 0.5) is 4.39 Å². The number of rotatable bonds is 3. The van der Waals surface area contributed by atoms with Crippen molar-refractivity contribution in [3.63, 3.8) is 0 Å². The van der Waals surface area contributed by atoms with E-state index in [4.69, 9.17) is 5.73 Å². The van der Waals surface area contributed by atoms with E-state index in [0.29, 0.717) is 13.1 Å². The number of alkyl halides is 1. The fraction of sp³-hybridized carbons (Fsp3) is 0.500. The van der Waals surface area contributed by atoms with E-state index in [1.807, 2.05) is 0 Å². The first kappa shape index (κ1) is 10.4. The average molecular weight is 180 g/mol. The highest BCUT2D eigenvalue weighted by Gasteiger charge is 1.97. The summed E-state index contributed by atoms with van der Waals surface area (Å²) < 4.78 is 13.3. The van der Waals surface area contributed by atoms with Crippen LogP contribution in [0.5, 0.6) is 0 Å². The molecule has 0 aliphatic carbocycles. The summed E-state index contributed by atoms with van der Waals surface area (Å²) in [6.07, 6.45) is 1.62. The molecule has 1 rings (SSSR count). The molecule has 5 heteroatoms. The number of aryl methyl sites for hydroxylation is 1. The van der Waals surface area contributed by atoms with Gasteiger partial charge in [0, 0.05) is 12.7 Å². The van der Waals surface area contributed by atoms with E-state index in [9.17, 15) is 4.39 Å². The van der Waals surface area contributed by atoms with E-state index in [1.165, 1.54) is 0 Å². The predicted molar refractivity (Wildman–Crippen MR) is 43.3 cm³/mol. The first-order chi connectivity index (χ1) is 4.88. The van der Waals surface area contributed by atoms with E-state index in [0.717, 1.165) is 5.69 Å². The molecule has 0 atom stereocenters. The van der Waals surface area contributed by atoms with E-state index in [2.05, 4.69) is 5.10 Å². The molecule has 0 aliphatic rings. The summed E-state index contributed by atoms with van der Waals surface area (Å²) >= 11 is 0. The van der Waals surface area contributed by atoms with Gasteiger partial charge in [0.25, 0.3) is 0 Å². The lowest BCUT2D eigenvalue weighted by atomic mass is 10.4. The number of nitrogens with two attached hydrogens (primary N) is 1. The molecular weight excluding hydrogens is 169 g/mol. The summed E-state index contributed by atoms with van der Waals surface area (Å²) in [5.41, 5.74) is 6.21. The lowest BCUT2D eigenvalue weighted by Crippen LogP contribution is -2.09. The Morgan fingerprint density at radius 3 is 2.91 bits per heavy atom. The molecule has 2 N–H and O–H groups in total. The normalized spacial score (nSPS) is 9.27. The van der Waals surface area contributed by atoms with Gasteiger partial charge < -0.3 is 5.73 Å². The van der Waals surface area contributed by atoms with Gasteiger partial charge in [-0.15, -0.1) is 12.4 Å². The average Bonchev–Trinajstić information content (AvgIpc) is 2.36. The third-order valence-corrected chi connectivity index (χ3v) is 1.31. The number of hydrogen-bond donors (Lipinski definition) is 1. The van der Waals surface area contributed by atoms with Crippen molar-refractivity contribution in [1.82, 2.24) is 9.78 Å². The van der Waals surface area contributed by atoms with Crippen molar-refractivity contribution in [2.24, 2.45) is 5.73 Å². The van der Waals surface area contributed by atoms with Gasteiger partial charge >= 0.3 is 0 Å². The van der Waals surface area contributed by atoms with Crippen LogP contribution in [0.2, 0.25) is 0 Å². The Balaban J connectivity index is 0.000001000. The Morgan fingerprint density at radius 2 is 2.36 bits per heavy atom. The molecule has 0 fully saturated rings. The summed E-state index contributed by atoms with van der Waals surface area (Å²) in [5.74, 6) is 0. The zero-order chi connectivity index (χ0) is 7.40. The second-order valence-electron chi connectivity index (χ2n) is 1.94. The topological polar surface area (TPSA) is 43.8 Å². The Kier molecular flexibility index (Phi) is 4.81.